The molecule has 3 aromatic carbocycles. The molecule has 1 unspecified atom stereocenters. The number of nitrogens with one attached hydrogen (secondary N) is 1. The highest BCUT2D eigenvalue weighted by atomic mass is 16.5. The third-order valence-corrected chi connectivity index (χ3v) is 5.50. The molecule has 5 heteroatoms. The smallest absolute Gasteiger partial charge is 0.160 e. The molecule has 0 bridgehead atoms. The zero-order valence-electron chi connectivity index (χ0n) is 17.8. The maximum atomic E-state index is 11.7. The normalized spacial score (nSPS) is 13.1. The van der Waals surface area contributed by atoms with Crippen molar-refractivity contribution in [1.82, 2.24) is 5.32 Å². The van der Waals surface area contributed by atoms with E-state index in [0.29, 0.717) is 30.3 Å². The summed E-state index contributed by atoms with van der Waals surface area (Å²) in [5, 5.41) is 16.1. The standard InChI is InChI=1S/C26H27NO4/c1-29-23-13-12-19(16-24(23)30-2)14-15-27-18-26(28,21-9-4-3-5-10-21)25-17-20-8-6-7-11-22(20)31-25/h3-13,16-17,27-28H,14-15,18H2,1-2H3. The van der Waals surface area contributed by atoms with Gasteiger partial charge in [-0.15, -0.1) is 0 Å². The largest absolute Gasteiger partial charge is 0.493 e. The minimum absolute atomic E-state index is 0.324. The van der Waals surface area contributed by atoms with Crippen molar-refractivity contribution in [2.24, 2.45) is 0 Å². The molecular weight excluding hydrogens is 390 g/mol. The van der Waals surface area contributed by atoms with Gasteiger partial charge < -0.3 is 24.3 Å². The van der Waals surface area contributed by atoms with E-state index >= 15 is 0 Å². The summed E-state index contributed by atoms with van der Waals surface area (Å²) in [6.45, 7) is 1.01. The summed E-state index contributed by atoms with van der Waals surface area (Å²) in [6.07, 6.45) is 0.783. The van der Waals surface area contributed by atoms with Gasteiger partial charge in [0.25, 0.3) is 0 Å². The number of fused-ring (bicyclic) bond motifs is 1. The van der Waals surface area contributed by atoms with Crippen molar-refractivity contribution in [3.05, 3.63) is 95.7 Å². The van der Waals surface area contributed by atoms with Crippen LogP contribution in [-0.2, 0) is 12.0 Å². The maximum absolute atomic E-state index is 11.7. The second-order valence-corrected chi connectivity index (χ2v) is 7.49. The lowest BCUT2D eigenvalue weighted by molar-refractivity contribution is 0.0584. The van der Waals surface area contributed by atoms with Crippen LogP contribution in [0.4, 0.5) is 0 Å². The summed E-state index contributed by atoms with van der Waals surface area (Å²) >= 11 is 0. The van der Waals surface area contributed by atoms with Crippen molar-refractivity contribution in [2.45, 2.75) is 12.0 Å². The molecule has 5 nitrogen and oxygen atoms in total. The van der Waals surface area contributed by atoms with Gasteiger partial charge in [0, 0.05) is 11.9 Å². The van der Waals surface area contributed by atoms with Crippen molar-refractivity contribution in [3.8, 4) is 11.5 Å². The molecular formula is C26H27NO4. The van der Waals surface area contributed by atoms with Crippen LogP contribution in [0.25, 0.3) is 11.0 Å². The van der Waals surface area contributed by atoms with E-state index in [0.717, 1.165) is 28.5 Å². The van der Waals surface area contributed by atoms with Gasteiger partial charge in [-0.25, -0.2) is 0 Å². The Balaban J connectivity index is 1.51. The van der Waals surface area contributed by atoms with E-state index in [1.165, 1.54) is 0 Å². The lowest BCUT2D eigenvalue weighted by Crippen LogP contribution is -2.39. The van der Waals surface area contributed by atoms with Crippen LogP contribution in [0, 0.1) is 0 Å². The molecule has 4 rings (SSSR count). The Morgan fingerprint density at radius 2 is 1.61 bits per heavy atom. The molecule has 31 heavy (non-hydrogen) atoms. The number of hydrogen-bond donors (Lipinski definition) is 2. The van der Waals surface area contributed by atoms with Gasteiger partial charge in [-0.3, -0.25) is 0 Å². The van der Waals surface area contributed by atoms with Gasteiger partial charge in [-0.05, 0) is 48.4 Å². The fraction of sp³-hybridized carbons (Fsp3) is 0.231. The van der Waals surface area contributed by atoms with Crippen molar-refractivity contribution in [1.29, 1.82) is 0 Å². The molecule has 0 aliphatic rings. The third kappa shape index (κ3) is 4.43. The average molecular weight is 418 g/mol. The van der Waals surface area contributed by atoms with Crippen molar-refractivity contribution < 1.29 is 19.0 Å². The highest BCUT2D eigenvalue weighted by Crippen LogP contribution is 2.33. The summed E-state index contributed by atoms with van der Waals surface area (Å²) in [5.74, 6) is 1.95. The minimum Gasteiger partial charge on any atom is -0.493 e. The van der Waals surface area contributed by atoms with E-state index in [9.17, 15) is 5.11 Å². The molecule has 0 aliphatic carbocycles. The van der Waals surface area contributed by atoms with E-state index in [1.807, 2.05) is 78.9 Å². The van der Waals surface area contributed by atoms with E-state index in [4.69, 9.17) is 13.9 Å². The number of benzene rings is 3. The Kier molecular flexibility index (Phi) is 6.26. The highest BCUT2D eigenvalue weighted by Gasteiger charge is 2.34. The second-order valence-electron chi connectivity index (χ2n) is 7.49. The number of furan rings is 1. The molecule has 1 atom stereocenters. The van der Waals surface area contributed by atoms with Gasteiger partial charge >= 0.3 is 0 Å². The Hall–Kier alpha value is -3.28. The zero-order valence-corrected chi connectivity index (χ0v) is 17.8. The summed E-state index contributed by atoms with van der Waals surface area (Å²) in [7, 11) is 3.26. The lowest BCUT2D eigenvalue weighted by Gasteiger charge is -2.27. The average Bonchev–Trinajstić information content (AvgIpc) is 3.27. The Morgan fingerprint density at radius 1 is 0.871 bits per heavy atom. The zero-order chi connectivity index (χ0) is 21.7. The van der Waals surface area contributed by atoms with E-state index in [1.54, 1.807) is 14.2 Å². The Bertz CT molecular complexity index is 1110. The van der Waals surface area contributed by atoms with Crippen LogP contribution < -0.4 is 14.8 Å². The summed E-state index contributed by atoms with van der Waals surface area (Å²) in [6, 6.07) is 25.2. The van der Waals surface area contributed by atoms with Crippen molar-refractivity contribution in [3.63, 3.8) is 0 Å². The summed E-state index contributed by atoms with van der Waals surface area (Å²) in [4.78, 5) is 0. The van der Waals surface area contributed by atoms with Crippen molar-refractivity contribution >= 4 is 11.0 Å². The van der Waals surface area contributed by atoms with E-state index in [2.05, 4.69) is 5.32 Å². The lowest BCUT2D eigenvalue weighted by atomic mass is 9.90. The topological polar surface area (TPSA) is 63.9 Å². The summed E-state index contributed by atoms with van der Waals surface area (Å²) in [5.41, 5.74) is 1.39. The first kappa shape index (κ1) is 21.0. The molecule has 0 radical (unpaired) electrons. The third-order valence-electron chi connectivity index (χ3n) is 5.50. The van der Waals surface area contributed by atoms with E-state index < -0.39 is 5.60 Å². The monoisotopic (exact) mass is 417 g/mol. The van der Waals surface area contributed by atoms with Crippen LogP contribution in [0.3, 0.4) is 0 Å². The molecule has 1 heterocycles. The SMILES string of the molecule is COc1ccc(CCNCC(O)(c2ccccc2)c2cc3ccccc3o2)cc1OC. The molecule has 0 spiro atoms. The van der Waals surface area contributed by atoms with Crippen LogP contribution >= 0.6 is 0 Å². The molecule has 160 valence electrons. The van der Waals surface area contributed by atoms with E-state index in [-0.39, 0.29) is 0 Å². The molecule has 0 saturated heterocycles. The fourth-order valence-corrected chi connectivity index (χ4v) is 3.77. The maximum Gasteiger partial charge on any atom is 0.160 e. The quantitative estimate of drug-likeness (QED) is 0.392. The van der Waals surface area contributed by atoms with Gasteiger partial charge in [0.15, 0.2) is 17.1 Å². The number of methoxy groups -OCH3 is 2. The van der Waals surface area contributed by atoms with Gasteiger partial charge in [-0.1, -0.05) is 54.6 Å². The van der Waals surface area contributed by atoms with Gasteiger partial charge in [0.2, 0.25) is 0 Å². The predicted molar refractivity (Wildman–Crippen MR) is 122 cm³/mol. The number of hydrogen-bond acceptors (Lipinski definition) is 5. The molecule has 0 aliphatic heterocycles. The highest BCUT2D eigenvalue weighted by molar-refractivity contribution is 5.78. The van der Waals surface area contributed by atoms with Crippen LogP contribution in [0.1, 0.15) is 16.9 Å². The first-order valence-electron chi connectivity index (χ1n) is 10.3. The number of para-hydroxylation sites is 1. The fourth-order valence-electron chi connectivity index (χ4n) is 3.77. The number of rotatable bonds is 9. The molecule has 4 aromatic rings. The Morgan fingerprint density at radius 3 is 2.35 bits per heavy atom. The molecule has 1 aromatic heterocycles. The van der Waals surface area contributed by atoms with Crippen LogP contribution in [0.15, 0.2) is 83.3 Å². The molecule has 2 N–H and O–H groups in total. The van der Waals surface area contributed by atoms with Crippen LogP contribution in [0.5, 0.6) is 11.5 Å². The van der Waals surface area contributed by atoms with Gasteiger partial charge in [-0.2, -0.15) is 0 Å². The van der Waals surface area contributed by atoms with Crippen LogP contribution in [-0.4, -0.2) is 32.4 Å². The van der Waals surface area contributed by atoms with Crippen molar-refractivity contribution in [2.75, 3.05) is 27.3 Å². The first-order valence-corrected chi connectivity index (χ1v) is 10.3. The molecule has 0 fully saturated rings. The first-order chi connectivity index (χ1) is 15.1. The number of ether oxygens (including phenoxy) is 2. The minimum atomic E-state index is -1.28. The predicted octanol–water partition coefficient (Wildman–Crippen LogP) is 4.52. The van der Waals surface area contributed by atoms with Gasteiger partial charge in [0.05, 0.1) is 14.2 Å². The number of aliphatic hydroxyl groups is 1. The summed E-state index contributed by atoms with van der Waals surface area (Å²) < 4.78 is 16.7. The van der Waals surface area contributed by atoms with Gasteiger partial charge in [0.1, 0.15) is 11.3 Å². The molecule has 0 amide bonds. The molecule has 0 saturated carbocycles. The second kappa shape index (κ2) is 9.25. The van der Waals surface area contributed by atoms with Crippen LogP contribution in [0.2, 0.25) is 0 Å². The Labute approximate surface area is 182 Å².